The molecule has 0 unspecified atom stereocenters. The smallest absolute Gasteiger partial charge is 0.311 e. The molecule has 0 heterocycles. The van der Waals surface area contributed by atoms with Gasteiger partial charge in [-0.2, -0.15) is 0 Å². The lowest BCUT2D eigenvalue weighted by atomic mass is 10.1. The monoisotopic (exact) mass is 289 g/mol. The maximum atomic E-state index is 11.1. The van der Waals surface area contributed by atoms with Gasteiger partial charge in [-0.3, -0.25) is 10.1 Å². The topological polar surface area (TPSA) is 81.8 Å². The summed E-state index contributed by atoms with van der Waals surface area (Å²) in [7, 11) is 1.53. The highest BCUT2D eigenvalue weighted by molar-refractivity contribution is 5.51. The fraction of sp³-hybridized carbons (Fsp3) is 0.200. The van der Waals surface area contributed by atoms with Crippen molar-refractivity contribution in [2.45, 2.75) is 13.0 Å². The van der Waals surface area contributed by atoms with Crippen LogP contribution in [0.25, 0.3) is 0 Å². The molecule has 21 heavy (non-hydrogen) atoms. The molecule has 2 rings (SSSR count). The summed E-state index contributed by atoms with van der Waals surface area (Å²) in [5, 5.41) is 20.6. The van der Waals surface area contributed by atoms with Crippen LogP contribution in [0.3, 0.4) is 0 Å². The number of nitrogens with zero attached hydrogens (tertiary/aromatic N) is 1. The summed E-state index contributed by atoms with van der Waals surface area (Å²) >= 11 is 0. The number of ether oxygens (including phenoxy) is 2. The third kappa shape index (κ3) is 3.49. The van der Waals surface area contributed by atoms with Gasteiger partial charge in [-0.1, -0.05) is 12.1 Å². The fourth-order valence-electron chi connectivity index (χ4n) is 1.81. The Kier molecular flexibility index (Phi) is 4.39. The first-order valence-electron chi connectivity index (χ1n) is 6.29. The van der Waals surface area contributed by atoms with E-state index in [9.17, 15) is 15.2 Å². The highest BCUT2D eigenvalue weighted by Gasteiger charge is 2.18. The lowest BCUT2D eigenvalue weighted by Gasteiger charge is -2.10. The van der Waals surface area contributed by atoms with Crippen molar-refractivity contribution < 1.29 is 19.5 Å². The average molecular weight is 289 g/mol. The third-order valence-corrected chi connectivity index (χ3v) is 2.93. The van der Waals surface area contributed by atoms with Gasteiger partial charge in [0.15, 0.2) is 0 Å². The number of hydrogen-bond donors (Lipinski definition) is 1. The summed E-state index contributed by atoms with van der Waals surface area (Å²) < 4.78 is 10.6. The number of aliphatic hydroxyl groups is 1. The van der Waals surface area contributed by atoms with Gasteiger partial charge in [-0.05, 0) is 30.7 Å². The number of aliphatic hydroxyl groups excluding tert-OH is 1. The minimum Gasteiger partial charge on any atom is -0.497 e. The molecule has 1 N–H and O–H groups in total. The second-order valence-corrected chi connectivity index (χ2v) is 4.44. The van der Waals surface area contributed by atoms with Crippen molar-refractivity contribution in [3.63, 3.8) is 0 Å². The summed E-state index contributed by atoms with van der Waals surface area (Å²) in [4.78, 5) is 10.6. The molecule has 6 nitrogen and oxygen atoms in total. The number of nitro benzene ring substituents is 1. The SMILES string of the molecule is COc1cccc(Oc2ccc([C@H](C)O)cc2[N+](=O)[O-])c1. The van der Waals surface area contributed by atoms with Crippen LogP contribution in [0, 0.1) is 10.1 Å². The molecule has 6 heteroatoms. The van der Waals surface area contributed by atoms with Gasteiger partial charge < -0.3 is 14.6 Å². The summed E-state index contributed by atoms with van der Waals surface area (Å²) in [6.07, 6.45) is -0.783. The summed E-state index contributed by atoms with van der Waals surface area (Å²) in [6, 6.07) is 11.1. The van der Waals surface area contributed by atoms with E-state index in [0.29, 0.717) is 17.1 Å². The first-order chi connectivity index (χ1) is 10.0. The van der Waals surface area contributed by atoms with Crippen molar-refractivity contribution in [2.75, 3.05) is 7.11 Å². The number of rotatable bonds is 5. The van der Waals surface area contributed by atoms with Crippen molar-refractivity contribution in [2.24, 2.45) is 0 Å². The van der Waals surface area contributed by atoms with Gasteiger partial charge >= 0.3 is 5.69 Å². The largest absolute Gasteiger partial charge is 0.497 e. The Morgan fingerprint density at radius 3 is 2.52 bits per heavy atom. The number of benzene rings is 2. The normalized spacial score (nSPS) is 11.8. The standard InChI is InChI=1S/C15H15NO5/c1-10(17)11-6-7-15(14(8-11)16(18)19)21-13-5-3-4-12(9-13)20-2/h3-10,17H,1-2H3/t10-/m0/s1. The molecule has 0 bridgehead atoms. The Bertz CT molecular complexity index is 654. The highest BCUT2D eigenvalue weighted by atomic mass is 16.6. The van der Waals surface area contributed by atoms with Crippen molar-refractivity contribution >= 4 is 5.69 Å². The van der Waals surface area contributed by atoms with Crippen LogP contribution in [-0.2, 0) is 0 Å². The molecular weight excluding hydrogens is 274 g/mol. The van der Waals surface area contributed by atoms with Crippen molar-refractivity contribution in [3.05, 3.63) is 58.1 Å². The van der Waals surface area contributed by atoms with Gasteiger partial charge in [0.2, 0.25) is 5.75 Å². The maximum Gasteiger partial charge on any atom is 0.311 e. The first-order valence-corrected chi connectivity index (χ1v) is 6.29. The Morgan fingerprint density at radius 2 is 1.90 bits per heavy atom. The van der Waals surface area contributed by atoms with Gasteiger partial charge in [0.1, 0.15) is 11.5 Å². The van der Waals surface area contributed by atoms with E-state index in [1.165, 1.54) is 19.2 Å². The predicted octanol–water partition coefficient (Wildman–Crippen LogP) is 3.45. The van der Waals surface area contributed by atoms with Crippen LogP contribution in [-0.4, -0.2) is 17.1 Å². The van der Waals surface area contributed by atoms with E-state index in [2.05, 4.69) is 0 Å². The van der Waals surface area contributed by atoms with Crippen molar-refractivity contribution in [1.82, 2.24) is 0 Å². The summed E-state index contributed by atoms with van der Waals surface area (Å²) in [6.45, 7) is 1.54. The molecule has 0 aliphatic heterocycles. The minimum atomic E-state index is -0.783. The van der Waals surface area contributed by atoms with E-state index >= 15 is 0 Å². The molecule has 0 fully saturated rings. The van der Waals surface area contributed by atoms with Gasteiger partial charge in [0.25, 0.3) is 0 Å². The molecule has 0 saturated carbocycles. The zero-order chi connectivity index (χ0) is 15.4. The van der Waals surface area contributed by atoms with E-state index in [1.807, 2.05) is 0 Å². The molecule has 2 aromatic carbocycles. The van der Waals surface area contributed by atoms with Gasteiger partial charge in [0.05, 0.1) is 18.1 Å². The Morgan fingerprint density at radius 1 is 1.19 bits per heavy atom. The van der Waals surface area contributed by atoms with Gasteiger partial charge in [0, 0.05) is 12.1 Å². The Balaban J connectivity index is 2.36. The van der Waals surface area contributed by atoms with E-state index in [0.717, 1.165) is 0 Å². The molecule has 0 spiro atoms. The number of nitro groups is 1. The molecular formula is C15H15NO5. The van der Waals surface area contributed by atoms with Crippen LogP contribution in [0.4, 0.5) is 5.69 Å². The highest BCUT2D eigenvalue weighted by Crippen LogP contribution is 2.34. The summed E-state index contributed by atoms with van der Waals surface area (Å²) in [5.74, 6) is 1.13. The first kappa shape index (κ1) is 14.8. The molecule has 110 valence electrons. The van der Waals surface area contributed by atoms with Crippen LogP contribution in [0.1, 0.15) is 18.6 Å². The Hall–Kier alpha value is -2.60. The summed E-state index contributed by atoms with van der Waals surface area (Å²) in [5.41, 5.74) is 0.260. The van der Waals surface area contributed by atoms with E-state index in [4.69, 9.17) is 9.47 Å². The minimum absolute atomic E-state index is 0.109. The molecule has 0 amide bonds. The number of hydrogen-bond acceptors (Lipinski definition) is 5. The predicted molar refractivity (Wildman–Crippen MR) is 76.8 cm³/mol. The molecule has 0 aromatic heterocycles. The average Bonchev–Trinajstić information content (AvgIpc) is 2.47. The molecule has 0 aliphatic rings. The molecule has 0 saturated heterocycles. The molecule has 0 aliphatic carbocycles. The zero-order valence-electron chi connectivity index (χ0n) is 11.6. The maximum absolute atomic E-state index is 11.1. The lowest BCUT2D eigenvalue weighted by Crippen LogP contribution is -1.97. The van der Waals surface area contributed by atoms with Crippen LogP contribution in [0.2, 0.25) is 0 Å². The van der Waals surface area contributed by atoms with Gasteiger partial charge in [-0.25, -0.2) is 0 Å². The van der Waals surface area contributed by atoms with Crippen LogP contribution in [0.15, 0.2) is 42.5 Å². The van der Waals surface area contributed by atoms with E-state index < -0.39 is 11.0 Å². The second-order valence-electron chi connectivity index (χ2n) is 4.44. The molecule has 2 aromatic rings. The second kappa shape index (κ2) is 6.23. The lowest BCUT2D eigenvalue weighted by molar-refractivity contribution is -0.385. The molecule has 1 atom stereocenters. The Labute approximate surface area is 121 Å². The van der Waals surface area contributed by atoms with Crippen LogP contribution >= 0.6 is 0 Å². The fourth-order valence-corrected chi connectivity index (χ4v) is 1.81. The third-order valence-electron chi connectivity index (χ3n) is 2.93. The quantitative estimate of drug-likeness (QED) is 0.673. The van der Waals surface area contributed by atoms with Gasteiger partial charge in [-0.15, -0.1) is 0 Å². The van der Waals surface area contributed by atoms with E-state index in [-0.39, 0.29) is 11.4 Å². The van der Waals surface area contributed by atoms with Crippen molar-refractivity contribution in [3.8, 4) is 17.2 Å². The number of methoxy groups -OCH3 is 1. The zero-order valence-corrected chi connectivity index (χ0v) is 11.6. The molecule has 0 radical (unpaired) electrons. The van der Waals surface area contributed by atoms with E-state index in [1.54, 1.807) is 37.3 Å². The van der Waals surface area contributed by atoms with Crippen molar-refractivity contribution in [1.29, 1.82) is 0 Å². The van der Waals surface area contributed by atoms with Crippen LogP contribution in [0.5, 0.6) is 17.2 Å². The van der Waals surface area contributed by atoms with Crippen LogP contribution < -0.4 is 9.47 Å².